The van der Waals surface area contributed by atoms with E-state index < -0.39 is 29.6 Å². The zero-order valence-corrected chi connectivity index (χ0v) is 18.3. The first kappa shape index (κ1) is 21.9. The molecule has 2 aliphatic rings. The molecule has 4 rings (SSSR count). The Kier molecular flexibility index (Phi) is 5.91. The van der Waals surface area contributed by atoms with E-state index in [1.54, 1.807) is 6.92 Å². The van der Waals surface area contributed by atoms with Gasteiger partial charge in [-0.15, -0.1) is 0 Å². The Labute approximate surface area is 187 Å². The summed E-state index contributed by atoms with van der Waals surface area (Å²) in [5.41, 5.74) is 3.11. The van der Waals surface area contributed by atoms with Crippen LogP contribution >= 0.6 is 0 Å². The number of hydrogen-bond acceptors (Lipinski definition) is 4. The van der Waals surface area contributed by atoms with E-state index in [2.05, 4.69) is 22.8 Å². The molecular weight excluding hydrogens is 408 g/mol. The van der Waals surface area contributed by atoms with Crippen LogP contribution in [0.4, 0.5) is 4.79 Å². The van der Waals surface area contributed by atoms with Crippen LogP contribution in [0.3, 0.4) is 0 Å². The molecule has 32 heavy (non-hydrogen) atoms. The van der Waals surface area contributed by atoms with Gasteiger partial charge in [0.25, 0.3) is 0 Å². The fourth-order valence-electron chi connectivity index (χ4n) is 4.24. The molecule has 2 aromatic carbocycles. The van der Waals surface area contributed by atoms with Gasteiger partial charge >= 0.3 is 12.1 Å². The number of carbonyl (C=O) groups is 3. The SMILES string of the molecule is CCC(C)(NC(=O)C(NC(=O)OCC1c2ccccc2-c2ccccc21)C1CC1)C(=O)O. The summed E-state index contributed by atoms with van der Waals surface area (Å²) >= 11 is 0. The highest BCUT2D eigenvalue weighted by molar-refractivity contribution is 5.91. The first-order chi connectivity index (χ1) is 15.3. The Bertz CT molecular complexity index is 1000. The zero-order chi connectivity index (χ0) is 22.9. The quantitative estimate of drug-likeness (QED) is 0.586. The van der Waals surface area contributed by atoms with Gasteiger partial charge in [0.15, 0.2) is 0 Å². The van der Waals surface area contributed by atoms with Crippen molar-refractivity contribution in [1.29, 1.82) is 0 Å². The number of fused-ring (bicyclic) bond motifs is 3. The van der Waals surface area contributed by atoms with E-state index in [1.807, 2.05) is 36.4 Å². The molecule has 7 heteroatoms. The number of benzene rings is 2. The molecule has 2 atom stereocenters. The van der Waals surface area contributed by atoms with Gasteiger partial charge in [0.05, 0.1) is 0 Å². The summed E-state index contributed by atoms with van der Waals surface area (Å²) in [7, 11) is 0. The molecule has 2 amide bonds. The number of aliphatic carboxylic acids is 1. The Morgan fingerprint density at radius 2 is 1.62 bits per heavy atom. The summed E-state index contributed by atoms with van der Waals surface area (Å²) in [5, 5.41) is 14.7. The monoisotopic (exact) mass is 436 g/mol. The summed E-state index contributed by atoms with van der Waals surface area (Å²) in [5.74, 6) is -1.68. The summed E-state index contributed by atoms with van der Waals surface area (Å²) in [4.78, 5) is 36.9. The smallest absolute Gasteiger partial charge is 0.407 e. The number of carboxylic acid groups (broad SMARTS) is 1. The molecule has 168 valence electrons. The molecule has 0 radical (unpaired) electrons. The first-order valence-electron chi connectivity index (χ1n) is 11.0. The van der Waals surface area contributed by atoms with Crippen LogP contribution in [0.5, 0.6) is 0 Å². The third-order valence-electron chi connectivity index (χ3n) is 6.57. The molecule has 0 aromatic heterocycles. The van der Waals surface area contributed by atoms with Crippen LogP contribution in [0.1, 0.15) is 50.2 Å². The first-order valence-corrected chi connectivity index (χ1v) is 11.0. The van der Waals surface area contributed by atoms with Crippen LogP contribution in [0, 0.1) is 5.92 Å². The summed E-state index contributed by atoms with van der Waals surface area (Å²) in [6.45, 7) is 3.31. The molecule has 0 aliphatic heterocycles. The Morgan fingerprint density at radius 3 is 2.12 bits per heavy atom. The predicted octanol–water partition coefficient (Wildman–Crippen LogP) is 3.67. The maximum atomic E-state index is 12.8. The van der Waals surface area contributed by atoms with Crippen molar-refractivity contribution < 1.29 is 24.2 Å². The molecule has 0 saturated heterocycles. The second kappa shape index (κ2) is 8.65. The van der Waals surface area contributed by atoms with Crippen molar-refractivity contribution in [3.63, 3.8) is 0 Å². The van der Waals surface area contributed by atoms with Gasteiger partial charge in [0, 0.05) is 5.92 Å². The van der Waals surface area contributed by atoms with E-state index in [9.17, 15) is 19.5 Å². The molecule has 0 spiro atoms. The van der Waals surface area contributed by atoms with E-state index in [0.717, 1.165) is 35.1 Å². The zero-order valence-electron chi connectivity index (χ0n) is 18.3. The standard InChI is InChI=1S/C25H28N2O5/c1-3-25(2,23(29)30)27-22(28)21(15-12-13-15)26-24(31)32-14-20-18-10-6-4-8-16(18)17-9-5-7-11-19(17)20/h4-11,15,20-21H,3,12-14H2,1-2H3,(H,26,31)(H,27,28)(H,29,30). The van der Waals surface area contributed by atoms with Crippen LogP contribution in [-0.4, -0.2) is 41.3 Å². The average Bonchev–Trinajstić information content (AvgIpc) is 3.58. The van der Waals surface area contributed by atoms with E-state index in [4.69, 9.17) is 4.74 Å². The highest BCUT2D eigenvalue weighted by atomic mass is 16.5. The lowest BCUT2D eigenvalue weighted by Gasteiger charge is -2.28. The lowest BCUT2D eigenvalue weighted by Crippen LogP contribution is -2.58. The van der Waals surface area contributed by atoms with Gasteiger partial charge in [-0.05, 0) is 54.4 Å². The third-order valence-corrected chi connectivity index (χ3v) is 6.57. The van der Waals surface area contributed by atoms with Crippen LogP contribution in [0.25, 0.3) is 11.1 Å². The van der Waals surface area contributed by atoms with Gasteiger partial charge in [0.2, 0.25) is 5.91 Å². The van der Waals surface area contributed by atoms with E-state index >= 15 is 0 Å². The second-order valence-electron chi connectivity index (χ2n) is 8.77. The maximum absolute atomic E-state index is 12.8. The lowest BCUT2D eigenvalue weighted by molar-refractivity contribution is -0.147. The van der Waals surface area contributed by atoms with E-state index in [0.29, 0.717) is 0 Å². The van der Waals surface area contributed by atoms with Crippen LogP contribution in [0.2, 0.25) is 0 Å². The molecule has 2 aromatic rings. The van der Waals surface area contributed by atoms with Gasteiger partial charge in [-0.25, -0.2) is 9.59 Å². The van der Waals surface area contributed by atoms with Gasteiger partial charge in [-0.2, -0.15) is 0 Å². The number of carboxylic acids is 1. The second-order valence-corrected chi connectivity index (χ2v) is 8.77. The van der Waals surface area contributed by atoms with Gasteiger partial charge in [-0.1, -0.05) is 55.5 Å². The minimum atomic E-state index is -1.38. The number of rotatable bonds is 8. The molecule has 2 aliphatic carbocycles. The largest absolute Gasteiger partial charge is 0.480 e. The highest BCUT2D eigenvalue weighted by Gasteiger charge is 2.42. The van der Waals surface area contributed by atoms with Crippen LogP contribution < -0.4 is 10.6 Å². The third kappa shape index (κ3) is 4.20. The minimum absolute atomic E-state index is 0.00890. The summed E-state index contributed by atoms with van der Waals surface area (Å²) < 4.78 is 5.56. The van der Waals surface area contributed by atoms with Crippen molar-refractivity contribution in [3.05, 3.63) is 59.7 Å². The number of nitrogens with one attached hydrogen (secondary N) is 2. The summed E-state index contributed by atoms with van der Waals surface area (Å²) in [6, 6.07) is 15.3. The molecule has 0 bridgehead atoms. The topological polar surface area (TPSA) is 105 Å². The molecule has 7 nitrogen and oxygen atoms in total. The van der Waals surface area contributed by atoms with Crippen molar-refractivity contribution >= 4 is 18.0 Å². The van der Waals surface area contributed by atoms with E-state index in [-0.39, 0.29) is 24.9 Å². The number of carbonyl (C=O) groups excluding carboxylic acids is 2. The van der Waals surface area contributed by atoms with Crippen molar-refractivity contribution in [2.75, 3.05) is 6.61 Å². The molecular formula is C25H28N2O5. The predicted molar refractivity (Wildman–Crippen MR) is 119 cm³/mol. The molecule has 1 saturated carbocycles. The van der Waals surface area contributed by atoms with Crippen LogP contribution in [0.15, 0.2) is 48.5 Å². The lowest BCUT2D eigenvalue weighted by atomic mass is 9.98. The average molecular weight is 437 g/mol. The number of hydrogen-bond donors (Lipinski definition) is 3. The Balaban J connectivity index is 1.42. The fraction of sp³-hybridized carbons (Fsp3) is 0.400. The highest BCUT2D eigenvalue weighted by Crippen LogP contribution is 2.44. The van der Waals surface area contributed by atoms with Crippen LogP contribution in [-0.2, 0) is 14.3 Å². The number of amides is 2. The van der Waals surface area contributed by atoms with Gasteiger partial charge in [-0.3, -0.25) is 4.79 Å². The normalized spacial score (nSPS) is 17.4. The van der Waals surface area contributed by atoms with Crippen molar-refractivity contribution in [2.24, 2.45) is 5.92 Å². The summed E-state index contributed by atoms with van der Waals surface area (Å²) in [6.07, 6.45) is 1.17. The maximum Gasteiger partial charge on any atom is 0.407 e. The van der Waals surface area contributed by atoms with Crippen molar-refractivity contribution in [2.45, 2.75) is 50.6 Å². The molecule has 2 unspecified atom stereocenters. The Hall–Kier alpha value is -3.35. The number of ether oxygens (including phenoxy) is 1. The van der Waals surface area contributed by atoms with Crippen molar-refractivity contribution in [1.82, 2.24) is 10.6 Å². The van der Waals surface area contributed by atoms with Crippen molar-refractivity contribution in [3.8, 4) is 11.1 Å². The Morgan fingerprint density at radius 1 is 1.06 bits per heavy atom. The number of alkyl carbamates (subject to hydrolysis) is 1. The van der Waals surface area contributed by atoms with E-state index in [1.165, 1.54) is 6.92 Å². The molecule has 1 fully saturated rings. The van der Waals surface area contributed by atoms with Gasteiger partial charge in [0.1, 0.15) is 18.2 Å². The molecule has 3 N–H and O–H groups in total. The minimum Gasteiger partial charge on any atom is -0.480 e. The van der Waals surface area contributed by atoms with Gasteiger partial charge < -0.3 is 20.5 Å². The molecule has 0 heterocycles. The fourth-order valence-corrected chi connectivity index (χ4v) is 4.24.